The van der Waals surface area contributed by atoms with Crippen molar-refractivity contribution in [2.45, 2.75) is 31.3 Å². The lowest BCUT2D eigenvalue weighted by Gasteiger charge is -2.32. The number of amides is 1. The van der Waals surface area contributed by atoms with Crippen molar-refractivity contribution >= 4 is 28.7 Å². The van der Waals surface area contributed by atoms with Gasteiger partial charge in [-0.25, -0.2) is 14.8 Å². The lowest BCUT2D eigenvalue weighted by atomic mass is 9.89. The number of carbonyl (C=O) groups is 2. The molecule has 42 heavy (non-hydrogen) atoms. The smallest absolute Gasteiger partial charge is 0.475 e. The Morgan fingerprint density at radius 2 is 1.64 bits per heavy atom. The Labute approximate surface area is 233 Å². The summed E-state index contributed by atoms with van der Waals surface area (Å²) in [6, 6.07) is 8.65. The van der Waals surface area contributed by atoms with Gasteiger partial charge in [-0.3, -0.25) is 9.78 Å². The first-order valence-corrected chi connectivity index (χ1v) is 12.2. The van der Waals surface area contributed by atoms with Gasteiger partial charge in [-0.05, 0) is 60.7 Å². The van der Waals surface area contributed by atoms with E-state index in [1.807, 2.05) is 6.07 Å². The maximum absolute atomic E-state index is 12.9. The van der Waals surface area contributed by atoms with Crippen molar-refractivity contribution in [2.24, 2.45) is 0 Å². The van der Waals surface area contributed by atoms with Crippen LogP contribution in [0.3, 0.4) is 0 Å². The zero-order chi connectivity index (χ0) is 30.7. The van der Waals surface area contributed by atoms with E-state index in [4.69, 9.17) is 15.6 Å². The van der Waals surface area contributed by atoms with E-state index in [-0.39, 0.29) is 17.6 Å². The lowest BCUT2D eigenvalue weighted by Crippen LogP contribution is -2.38. The fourth-order valence-corrected chi connectivity index (χ4v) is 4.38. The van der Waals surface area contributed by atoms with Gasteiger partial charge in [0.15, 0.2) is 5.65 Å². The van der Waals surface area contributed by atoms with Crippen molar-refractivity contribution in [3.8, 4) is 17.1 Å². The lowest BCUT2D eigenvalue weighted by molar-refractivity contribution is -0.274. The number of piperidine rings is 1. The molecule has 0 radical (unpaired) electrons. The fourth-order valence-electron chi connectivity index (χ4n) is 4.38. The van der Waals surface area contributed by atoms with Crippen LogP contribution in [0.5, 0.6) is 5.75 Å². The Morgan fingerprint density at radius 1 is 1.00 bits per heavy atom. The highest BCUT2D eigenvalue weighted by atomic mass is 19.4. The summed E-state index contributed by atoms with van der Waals surface area (Å²) in [7, 11) is 0. The highest BCUT2D eigenvalue weighted by Crippen LogP contribution is 2.34. The molecular formula is C26H22F6N6O4. The average Bonchev–Trinajstić information content (AvgIpc) is 3.37. The van der Waals surface area contributed by atoms with Crippen molar-refractivity contribution in [1.82, 2.24) is 24.8 Å². The molecule has 1 aromatic carbocycles. The minimum atomic E-state index is -5.08. The number of nitrogen functional groups attached to an aromatic ring is 1. The molecule has 3 aromatic heterocycles. The number of anilines is 1. The van der Waals surface area contributed by atoms with E-state index in [1.165, 1.54) is 12.1 Å². The summed E-state index contributed by atoms with van der Waals surface area (Å²) in [6.45, 7) is 1.04. The van der Waals surface area contributed by atoms with Gasteiger partial charge in [0, 0.05) is 42.9 Å². The van der Waals surface area contributed by atoms with E-state index in [1.54, 1.807) is 29.6 Å². The van der Waals surface area contributed by atoms with Crippen molar-refractivity contribution in [3.63, 3.8) is 0 Å². The van der Waals surface area contributed by atoms with Crippen molar-refractivity contribution < 1.29 is 45.8 Å². The Balaban J connectivity index is 0.000000517. The summed E-state index contributed by atoms with van der Waals surface area (Å²) >= 11 is 0. The number of nitrogens with one attached hydrogen (secondary N) is 1. The van der Waals surface area contributed by atoms with Crippen LogP contribution in [0.15, 0.2) is 55.0 Å². The predicted octanol–water partition coefficient (Wildman–Crippen LogP) is 5.15. The van der Waals surface area contributed by atoms with Crippen molar-refractivity contribution in [2.75, 3.05) is 18.8 Å². The molecule has 1 aliphatic heterocycles. The monoisotopic (exact) mass is 596 g/mol. The number of carbonyl (C=O) groups excluding carboxylic acids is 1. The SMILES string of the molecule is Nc1ccncc1-c1nc2nccc(C3CCN(C(=O)c4ccc(OC(F)(F)F)cc4)CC3)c2[nH]1.O=C(O)C(F)(F)F. The largest absolute Gasteiger partial charge is 0.573 e. The fraction of sp³-hybridized carbons (Fsp3) is 0.269. The van der Waals surface area contributed by atoms with Crippen LogP contribution >= 0.6 is 0 Å². The molecule has 4 N–H and O–H groups in total. The Morgan fingerprint density at radius 3 is 2.21 bits per heavy atom. The number of H-pyrrole nitrogens is 1. The molecule has 1 fully saturated rings. The van der Waals surface area contributed by atoms with Gasteiger partial charge in [-0.1, -0.05) is 0 Å². The van der Waals surface area contributed by atoms with Crippen LogP contribution in [0.2, 0.25) is 0 Å². The molecule has 16 heteroatoms. The zero-order valence-corrected chi connectivity index (χ0v) is 21.4. The van der Waals surface area contributed by atoms with Gasteiger partial charge in [0.25, 0.3) is 5.91 Å². The van der Waals surface area contributed by atoms with E-state index in [0.29, 0.717) is 41.4 Å². The molecule has 0 bridgehead atoms. The number of hydrogen-bond donors (Lipinski definition) is 3. The maximum Gasteiger partial charge on any atom is 0.573 e. The molecule has 0 saturated carbocycles. The minimum Gasteiger partial charge on any atom is -0.475 e. The number of rotatable bonds is 4. The van der Waals surface area contributed by atoms with Gasteiger partial charge in [0.2, 0.25) is 0 Å². The third-order valence-corrected chi connectivity index (χ3v) is 6.33. The number of likely N-dealkylation sites (tertiary alicyclic amines) is 1. The molecule has 4 heterocycles. The van der Waals surface area contributed by atoms with Gasteiger partial charge in [-0.2, -0.15) is 13.2 Å². The number of hydrogen-bond acceptors (Lipinski definition) is 7. The van der Waals surface area contributed by atoms with E-state index >= 15 is 0 Å². The molecule has 1 saturated heterocycles. The molecule has 0 aliphatic carbocycles. The van der Waals surface area contributed by atoms with E-state index in [2.05, 4.69) is 24.7 Å². The number of aromatic nitrogens is 4. The molecule has 4 aromatic rings. The number of carboxylic acids is 1. The molecule has 1 aliphatic rings. The first kappa shape index (κ1) is 30.1. The summed E-state index contributed by atoms with van der Waals surface area (Å²) in [5.41, 5.74) is 10.1. The first-order valence-electron chi connectivity index (χ1n) is 12.2. The third kappa shape index (κ3) is 7.24. The van der Waals surface area contributed by atoms with Crippen LogP contribution in [-0.2, 0) is 4.79 Å². The summed E-state index contributed by atoms with van der Waals surface area (Å²) in [6.07, 6.45) is -3.42. The predicted molar refractivity (Wildman–Crippen MR) is 136 cm³/mol. The molecule has 0 unspecified atom stereocenters. The second kappa shape index (κ2) is 11.9. The molecule has 222 valence electrons. The second-order valence-electron chi connectivity index (χ2n) is 9.09. The number of imidazole rings is 1. The topological polar surface area (TPSA) is 147 Å². The van der Waals surface area contributed by atoms with Crippen LogP contribution in [-0.4, -0.2) is 67.4 Å². The average molecular weight is 596 g/mol. The number of aromatic amines is 1. The molecule has 1 amide bonds. The Kier molecular flexibility index (Phi) is 8.54. The normalized spacial score (nSPS) is 14.3. The summed E-state index contributed by atoms with van der Waals surface area (Å²) in [4.78, 5) is 39.9. The van der Waals surface area contributed by atoms with E-state index in [0.717, 1.165) is 36.1 Å². The third-order valence-electron chi connectivity index (χ3n) is 6.33. The number of ether oxygens (including phenoxy) is 1. The molecule has 10 nitrogen and oxygen atoms in total. The van der Waals surface area contributed by atoms with Gasteiger partial charge >= 0.3 is 18.5 Å². The number of aliphatic carboxylic acids is 1. The maximum atomic E-state index is 12.9. The number of halogens is 6. The number of carboxylic acid groups (broad SMARTS) is 1. The highest BCUT2D eigenvalue weighted by molar-refractivity contribution is 5.94. The summed E-state index contributed by atoms with van der Waals surface area (Å²) < 4.78 is 72.7. The van der Waals surface area contributed by atoms with Crippen LogP contribution in [0, 0.1) is 0 Å². The standard InChI is InChI=1S/C24H21F3N6O2.C2HF3O2/c25-24(26,27)35-16-3-1-15(2-4-16)23(34)33-11-7-14(8-12-33)17-5-10-30-22-20(17)31-21(32-22)18-13-29-9-6-19(18)28;3-2(4,5)1(6)7/h1-6,9-10,13-14H,7-8,11-12H2,(H2,28,29)(H,30,31,32);(H,6,7). The van der Waals surface area contributed by atoms with Crippen LogP contribution < -0.4 is 10.5 Å². The van der Waals surface area contributed by atoms with Gasteiger partial charge in [0.05, 0.1) is 11.1 Å². The highest BCUT2D eigenvalue weighted by Gasteiger charge is 2.38. The first-order chi connectivity index (χ1) is 19.7. The van der Waals surface area contributed by atoms with Gasteiger partial charge < -0.3 is 25.5 Å². The summed E-state index contributed by atoms with van der Waals surface area (Å²) in [5.74, 6) is -2.56. The quantitative estimate of drug-likeness (QED) is 0.274. The molecule has 0 atom stereocenters. The van der Waals surface area contributed by atoms with E-state index < -0.39 is 18.5 Å². The number of nitrogens with zero attached hydrogens (tertiary/aromatic N) is 4. The Bertz CT molecular complexity index is 1560. The van der Waals surface area contributed by atoms with Crippen molar-refractivity contribution in [1.29, 1.82) is 0 Å². The number of fused-ring (bicyclic) bond motifs is 1. The van der Waals surface area contributed by atoms with Gasteiger partial charge in [-0.15, -0.1) is 13.2 Å². The van der Waals surface area contributed by atoms with Crippen molar-refractivity contribution in [3.05, 3.63) is 66.1 Å². The minimum absolute atomic E-state index is 0.187. The Hall–Kier alpha value is -4.89. The van der Waals surface area contributed by atoms with E-state index in [9.17, 15) is 31.1 Å². The molecular weight excluding hydrogens is 574 g/mol. The number of benzene rings is 1. The number of alkyl halides is 6. The van der Waals surface area contributed by atoms with Crippen LogP contribution in [0.1, 0.15) is 34.7 Å². The molecule has 5 rings (SSSR count). The molecule has 0 spiro atoms. The summed E-state index contributed by atoms with van der Waals surface area (Å²) in [5, 5.41) is 7.12. The van der Waals surface area contributed by atoms with Crippen LogP contribution in [0.25, 0.3) is 22.6 Å². The number of nitrogens with two attached hydrogens (primary N) is 1. The zero-order valence-electron chi connectivity index (χ0n) is 21.4. The van der Waals surface area contributed by atoms with Crippen LogP contribution in [0.4, 0.5) is 32.0 Å². The second-order valence-corrected chi connectivity index (χ2v) is 9.09. The number of pyridine rings is 2. The van der Waals surface area contributed by atoms with Gasteiger partial charge in [0.1, 0.15) is 11.6 Å².